The van der Waals surface area contributed by atoms with E-state index in [0.717, 1.165) is 24.3 Å². The molecule has 0 N–H and O–H groups in total. The van der Waals surface area contributed by atoms with Crippen LogP contribution < -0.4 is 9.47 Å². The van der Waals surface area contributed by atoms with Gasteiger partial charge in [0.05, 0.1) is 12.2 Å². The van der Waals surface area contributed by atoms with Crippen molar-refractivity contribution in [1.29, 1.82) is 0 Å². The molecule has 0 bridgehead atoms. The first-order chi connectivity index (χ1) is 21.6. The summed E-state index contributed by atoms with van der Waals surface area (Å²) in [5, 5.41) is 3.37. The van der Waals surface area contributed by atoms with E-state index in [4.69, 9.17) is 9.47 Å². The third-order valence-corrected chi connectivity index (χ3v) is 16.2. The molecule has 4 aromatic rings. The largest absolute Gasteiger partial charge is 0.491 e. The Morgan fingerprint density at radius 2 is 0.867 bits per heavy atom. The Morgan fingerprint density at radius 1 is 0.489 bits per heavy atom. The molecule has 0 amide bonds. The Labute approximate surface area is 271 Å². The lowest BCUT2D eigenvalue weighted by Gasteiger charge is -2.42. The van der Waals surface area contributed by atoms with Gasteiger partial charge < -0.3 is 9.47 Å². The third kappa shape index (κ3) is 5.84. The first-order valence-electron chi connectivity index (χ1n) is 16.8. The van der Waals surface area contributed by atoms with E-state index in [1.807, 2.05) is 0 Å². The van der Waals surface area contributed by atoms with Gasteiger partial charge in [0.2, 0.25) is 0 Å². The second kappa shape index (κ2) is 12.5. The molecule has 0 saturated carbocycles. The molecule has 2 nitrogen and oxygen atoms in total. The fourth-order valence-electron chi connectivity index (χ4n) is 8.10. The SMILES string of the molecule is CC(C)Oc1ccc(-c2cccc3c2C=C([Si](C2=Cc4c(cccc4-c4ccc(OC(C)C)cc4)C2)(C(C)C)C(C)C)C3)cc1. The molecule has 0 aromatic heterocycles. The zero-order valence-corrected chi connectivity index (χ0v) is 29.3. The number of benzene rings is 4. The van der Waals surface area contributed by atoms with Crippen LogP contribution in [0.25, 0.3) is 34.4 Å². The van der Waals surface area contributed by atoms with Gasteiger partial charge in [0.1, 0.15) is 19.6 Å². The number of ether oxygens (including phenoxy) is 2. The average molecular weight is 613 g/mol. The molecular formula is C42H48O2Si. The van der Waals surface area contributed by atoms with Crippen molar-refractivity contribution < 1.29 is 9.47 Å². The van der Waals surface area contributed by atoms with E-state index in [-0.39, 0.29) is 12.2 Å². The Bertz CT molecular complexity index is 1610. The number of hydrogen-bond acceptors (Lipinski definition) is 2. The molecule has 2 aliphatic rings. The molecule has 0 heterocycles. The van der Waals surface area contributed by atoms with Crippen molar-refractivity contribution in [2.24, 2.45) is 0 Å². The van der Waals surface area contributed by atoms with E-state index in [2.05, 4.69) is 152 Å². The summed E-state index contributed by atoms with van der Waals surface area (Å²) < 4.78 is 11.9. The minimum atomic E-state index is -2.10. The van der Waals surface area contributed by atoms with Crippen LogP contribution in [0.3, 0.4) is 0 Å². The van der Waals surface area contributed by atoms with E-state index in [1.54, 1.807) is 10.4 Å². The molecule has 0 atom stereocenters. The van der Waals surface area contributed by atoms with Gasteiger partial charge in [-0.15, -0.1) is 0 Å². The van der Waals surface area contributed by atoms with E-state index < -0.39 is 8.07 Å². The minimum Gasteiger partial charge on any atom is -0.491 e. The first kappa shape index (κ1) is 31.2. The summed E-state index contributed by atoms with van der Waals surface area (Å²) in [6, 6.07) is 31.1. The van der Waals surface area contributed by atoms with E-state index in [9.17, 15) is 0 Å². The molecule has 2 aliphatic carbocycles. The second-order valence-corrected chi connectivity index (χ2v) is 19.3. The van der Waals surface area contributed by atoms with Crippen LogP contribution in [0.1, 0.15) is 77.6 Å². The molecular weight excluding hydrogens is 565 g/mol. The van der Waals surface area contributed by atoms with Gasteiger partial charge in [0.25, 0.3) is 0 Å². The Balaban J connectivity index is 1.40. The maximum absolute atomic E-state index is 5.93. The molecule has 3 heteroatoms. The van der Waals surface area contributed by atoms with Crippen molar-refractivity contribution in [1.82, 2.24) is 0 Å². The van der Waals surface area contributed by atoms with Gasteiger partial charge in [-0.25, -0.2) is 0 Å². The molecule has 0 saturated heterocycles. The molecule has 6 rings (SSSR count). The van der Waals surface area contributed by atoms with Gasteiger partial charge in [-0.1, -0.05) is 111 Å². The molecule has 45 heavy (non-hydrogen) atoms. The maximum Gasteiger partial charge on any atom is 0.119 e. The summed E-state index contributed by atoms with van der Waals surface area (Å²) in [5.74, 6) is 1.85. The van der Waals surface area contributed by atoms with Crippen molar-refractivity contribution in [2.75, 3.05) is 0 Å². The van der Waals surface area contributed by atoms with Gasteiger partial charge in [-0.3, -0.25) is 0 Å². The van der Waals surface area contributed by atoms with Crippen LogP contribution in [0.15, 0.2) is 95.3 Å². The molecule has 0 unspecified atom stereocenters. The summed E-state index contributed by atoms with van der Waals surface area (Å²) in [7, 11) is -2.10. The van der Waals surface area contributed by atoms with Crippen LogP contribution in [-0.2, 0) is 12.8 Å². The standard InChI is InChI=1S/C42H48O2Si/c1-27(2)43-35-19-15-31(16-20-35)39-13-9-11-33-23-37(25-41(33)39)45(29(5)6,30(7)8)38-24-34-12-10-14-40(42(34)26-38)32-17-21-36(22-18-32)44-28(3)4/h9-22,25-30H,23-24H2,1-8H3. The van der Waals surface area contributed by atoms with Crippen LogP contribution in [0, 0.1) is 0 Å². The molecule has 232 valence electrons. The summed E-state index contributed by atoms with van der Waals surface area (Å²) in [6.45, 7) is 18.2. The highest BCUT2D eigenvalue weighted by atomic mass is 28.3. The Morgan fingerprint density at radius 3 is 1.20 bits per heavy atom. The lowest BCUT2D eigenvalue weighted by Crippen LogP contribution is -2.46. The lowest BCUT2D eigenvalue weighted by atomic mass is 9.97. The van der Waals surface area contributed by atoms with Gasteiger partial charge in [0, 0.05) is 0 Å². The van der Waals surface area contributed by atoms with Crippen LogP contribution >= 0.6 is 0 Å². The van der Waals surface area contributed by atoms with Gasteiger partial charge in [0.15, 0.2) is 0 Å². The van der Waals surface area contributed by atoms with Crippen LogP contribution in [0.5, 0.6) is 11.5 Å². The number of allylic oxidation sites excluding steroid dienone is 2. The fraction of sp³-hybridized carbons (Fsp3) is 0.333. The van der Waals surface area contributed by atoms with Crippen LogP contribution in [-0.4, -0.2) is 20.3 Å². The van der Waals surface area contributed by atoms with Crippen LogP contribution in [0.4, 0.5) is 0 Å². The van der Waals surface area contributed by atoms with Crippen molar-refractivity contribution >= 4 is 20.2 Å². The predicted octanol–water partition coefficient (Wildman–Crippen LogP) is 11.5. The quantitative estimate of drug-likeness (QED) is 0.166. The lowest BCUT2D eigenvalue weighted by molar-refractivity contribution is 0.242. The first-order valence-corrected chi connectivity index (χ1v) is 18.9. The molecule has 0 fully saturated rings. The fourth-order valence-corrected chi connectivity index (χ4v) is 14.5. The molecule has 4 aromatic carbocycles. The van der Waals surface area contributed by atoms with E-state index in [0.29, 0.717) is 11.1 Å². The second-order valence-electron chi connectivity index (χ2n) is 14.0. The molecule has 0 radical (unpaired) electrons. The zero-order valence-electron chi connectivity index (χ0n) is 28.3. The Hall–Kier alpha value is -3.82. The van der Waals surface area contributed by atoms with Gasteiger partial charge >= 0.3 is 0 Å². The monoisotopic (exact) mass is 612 g/mol. The highest BCUT2D eigenvalue weighted by molar-refractivity contribution is 6.96. The minimum absolute atomic E-state index is 0.171. The summed E-state index contributed by atoms with van der Waals surface area (Å²) in [6.07, 6.45) is 7.66. The van der Waals surface area contributed by atoms with Crippen LogP contribution in [0.2, 0.25) is 11.1 Å². The molecule has 0 aliphatic heterocycles. The number of rotatable bonds is 10. The van der Waals surface area contributed by atoms with E-state index in [1.165, 1.54) is 44.5 Å². The topological polar surface area (TPSA) is 18.5 Å². The van der Waals surface area contributed by atoms with Crippen molar-refractivity contribution in [3.05, 3.63) is 118 Å². The van der Waals surface area contributed by atoms with E-state index >= 15 is 0 Å². The predicted molar refractivity (Wildman–Crippen MR) is 195 cm³/mol. The van der Waals surface area contributed by atoms with Crippen molar-refractivity contribution in [3.8, 4) is 33.8 Å². The number of fused-ring (bicyclic) bond motifs is 2. The smallest absolute Gasteiger partial charge is 0.119 e. The summed E-state index contributed by atoms with van der Waals surface area (Å²) in [5.41, 5.74) is 12.1. The van der Waals surface area contributed by atoms with Crippen molar-refractivity contribution in [2.45, 2.75) is 91.5 Å². The normalized spacial score (nSPS) is 14.2. The zero-order chi connectivity index (χ0) is 31.9. The highest BCUT2D eigenvalue weighted by Gasteiger charge is 2.48. The summed E-state index contributed by atoms with van der Waals surface area (Å²) in [4.78, 5) is 0. The summed E-state index contributed by atoms with van der Waals surface area (Å²) >= 11 is 0. The van der Waals surface area contributed by atoms with Gasteiger partial charge in [-0.2, -0.15) is 0 Å². The highest BCUT2D eigenvalue weighted by Crippen LogP contribution is 2.52. The Kier molecular flexibility index (Phi) is 8.67. The third-order valence-electron chi connectivity index (χ3n) is 9.75. The molecule has 0 spiro atoms. The maximum atomic E-state index is 5.93. The average Bonchev–Trinajstić information content (AvgIpc) is 3.62. The van der Waals surface area contributed by atoms with Gasteiger partial charge in [-0.05, 0) is 120 Å². The van der Waals surface area contributed by atoms with Crippen molar-refractivity contribution in [3.63, 3.8) is 0 Å². The number of hydrogen-bond donors (Lipinski definition) is 0.